The van der Waals surface area contributed by atoms with E-state index in [1.807, 2.05) is 0 Å². The molecule has 1 aromatic heterocycles. The van der Waals surface area contributed by atoms with Gasteiger partial charge in [0.25, 0.3) is 5.91 Å². The van der Waals surface area contributed by atoms with Gasteiger partial charge >= 0.3 is 13.1 Å². The molecule has 2 aliphatic heterocycles. The fraction of sp³-hybridized carbons (Fsp3) is 0.447. The van der Waals surface area contributed by atoms with E-state index in [-0.39, 0.29) is 31.9 Å². The monoisotopic (exact) mass is 822 g/mol. The number of ether oxygens (including phenoxy) is 2. The van der Waals surface area contributed by atoms with Crippen LogP contribution in [0, 0.1) is 11.3 Å². The molecule has 5 N–H and O–H groups in total. The molecule has 5 amide bonds. The number of benzene rings is 2. The van der Waals surface area contributed by atoms with Crippen LogP contribution in [0.4, 0.5) is 10.5 Å². The van der Waals surface area contributed by atoms with Gasteiger partial charge in [0.15, 0.2) is 0 Å². The molecule has 19 heteroatoms. The van der Waals surface area contributed by atoms with Crippen molar-refractivity contribution in [1.29, 1.82) is 0 Å². The number of carbonyl (C=O) groups is 4. The fourth-order valence-electron chi connectivity index (χ4n) is 7.44. The number of anilines is 1. The number of methoxy groups -OCH3 is 1. The highest BCUT2D eigenvalue weighted by Gasteiger charge is 2.62. The summed E-state index contributed by atoms with van der Waals surface area (Å²) in [5.41, 5.74) is -0.994. The van der Waals surface area contributed by atoms with Crippen LogP contribution in [0.1, 0.15) is 52.0 Å². The van der Waals surface area contributed by atoms with Gasteiger partial charge in [-0.1, -0.05) is 50.6 Å². The second-order valence-electron chi connectivity index (χ2n) is 15.9. The Balaban J connectivity index is 1.17. The maximum Gasteiger partial charge on any atom is 0.491 e. The quantitative estimate of drug-likeness (QED) is 0.132. The van der Waals surface area contributed by atoms with Crippen molar-refractivity contribution in [3.8, 4) is 11.6 Å². The molecule has 4 aliphatic rings. The number of sulfonamides is 1. The van der Waals surface area contributed by atoms with Gasteiger partial charge in [-0.2, -0.15) is 0 Å². The van der Waals surface area contributed by atoms with Crippen LogP contribution in [0.15, 0.2) is 55.3 Å². The Hall–Kier alpha value is -4.91. The average molecular weight is 823 g/mol. The second-order valence-corrected chi connectivity index (χ2v) is 18.3. The minimum Gasteiger partial charge on any atom is -0.494 e. The molecule has 3 heterocycles. The first kappa shape index (κ1) is 40.3. The molecular formula is C38H44BClN6O10S. The molecule has 0 bridgehead atoms. The lowest BCUT2D eigenvalue weighted by Crippen LogP contribution is -2.60. The van der Waals surface area contributed by atoms with Crippen molar-refractivity contribution in [3.63, 3.8) is 0 Å². The first-order chi connectivity index (χ1) is 26.9. The molecule has 302 valence electrons. The summed E-state index contributed by atoms with van der Waals surface area (Å²) in [5.74, 6) is -2.11. The van der Waals surface area contributed by atoms with Crippen molar-refractivity contribution in [2.45, 2.75) is 82.0 Å². The van der Waals surface area contributed by atoms with Crippen molar-refractivity contribution in [2.24, 2.45) is 11.3 Å². The molecule has 2 saturated carbocycles. The van der Waals surface area contributed by atoms with Crippen LogP contribution >= 0.6 is 11.6 Å². The van der Waals surface area contributed by atoms with Crippen LogP contribution in [0.2, 0.25) is 5.02 Å². The molecule has 2 aliphatic carbocycles. The molecule has 7 rings (SSSR count). The summed E-state index contributed by atoms with van der Waals surface area (Å²) in [4.78, 5) is 62.0. The third kappa shape index (κ3) is 8.00. The zero-order valence-corrected chi connectivity index (χ0v) is 33.4. The molecule has 3 aromatic rings. The number of urea groups is 1. The van der Waals surface area contributed by atoms with E-state index in [0.29, 0.717) is 51.1 Å². The molecule has 0 unspecified atom stereocenters. The zero-order chi connectivity index (χ0) is 41.0. The number of hydrogen-bond donors (Lipinski definition) is 5. The number of nitrogens with one attached hydrogen (secondary N) is 4. The van der Waals surface area contributed by atoms with Crippen molar-refractivity contribution < 1.29 is 46.7 Å². The van der Waals surface area contributed by atoms with Crippen LogP contribution in [0.5, 0.6) is 11.6 Å². The van der Waals surface area contributed by atoms with Crippen LogP contribution in [-0.2, 0) is 35.7 Å². The number of carbonyl (C=O) groups excluding carboxylic acids is 4. The van der Waals surface area contributed by atoms with Crippen molar-refractivity contribution in [3.05, 3.63) is 65.8 Å². The molecule has 2 aromatic carbocycles. The highest BCUT2D eigenvalue weighted by atomic mass is 35.5. The Labute approximate surface area is 335 Å². The Morgan fingerprint density at radius 2 is 1.93 bits per heavy atom. The van der Waals surface area contributed by atoms with Crippen molar-refractivity contribution in [1.82, 2.24) is 25.2 Å². The van der Waals surface area contributed by atoms with E-state index in [0.717, 1.165) is 0 Å². The SMILES string of the molecule is C=C[C@@H]1C[C@]1(NC(=O)[C@@H]1C[C@@H](Oc2ncc(OC)c3ccc(Cl)cc23)CN1C(=O)[C@@H](NC(=O)Nc1cccc2c1COB2O)C(C)(C)C)C(=O)NS(=O)(=O)C1CC1. The number of rotatable bonds is 12. The summed E-state index contributed by atoms with van der Waals surface area (Å²) in [6, 6.07) is 6.99. The summed E-state index contributed by atoms with van der Waals surface area (Å²) in [6.07, 6.45) is 3.08. The number of amides is 5. The topological polar surface area (TPSA) is 215 Å². The van der Waals surface area contributed by atoms with Gasteiger partial charge in [-0.25, -0.2) is 18.2 Å². The van der Waals surface area contributed by atoms with E-state index >= 15 is 0 Å². The highest BCUT2D eigenvalue weighted by Crippen LogP contribution is 2.46. The number of hydrogen-bond acceptors (Lipinski definition) is 11. The summed E-state index contributed by atoms with van der Waals surface area (Å²) in [6.45, 7) is 9.00. The Bertz CT molecular complexity index is 2270. The van der Waals surface area contributed by atoms with E-state index in [2.05, 4.69) is 32.2 Å². The second kappa shape index (κ2) is 15.1. The Kier molecular flexibility index (Phi) is 10.7. The van der Waals surface area contributed by atoms with Gasteiger partial charge in [-0.15, -0.1) is 6.58 Å². The minimum absolute atomic E-state index is 0.0499. The van der Waals surface area contributed by atoms with Gasteiger partial charge in [0, 0.05) is 33.8 Å². The molecule has 0 spiro atoms. The number of aromatic nitrogens is 1. The molecular weight excluding hydrogens is 779 g/mol. The molecule has 3 fully saturated rings. The smallest absolute Gasteiger partial charge is 0.491 e. The summed E-state index contributed by atoms with van der Waals surface area (Å²) < 4.78 is 44.8. The van der Waals surface area contributed by atoms with E-state index < -0.39 is 81.2 Å². The highest BCUT2D eigenvalue weighted by molar-refractivity contribution is 7.91. The predicted octanol–water partition coefficient (Wildman–Crippen LogP) is 2.37. The minimum atomic E-state index is -3.94. The van der Waals surface area contributed by atoms with E-state index in [9.17, 15) is 32.6 Å². The van der Waals surface area contributed by atoms with Crippen LogP contribution in [0.25, 0.3) is 10.8 Å². The number of likely N-dealkylation sites (tertiary alicyclic amines) is 1. The van der Waals surface area contributed by atoms with Gasteiger partial charge < -0.3 is 40.0 Å². The normalized spacial score (nSPS) is 23.3. The molecule has 5 atom stereocenters. The summed E-state index contributed by atoms with van der Waals surface area (Å²) in [7, 11) is -3.56. The van der Waals surface area contributed by atoms with Crippen molar-refractivity contribution >= 4 is 74.4 Å². The van der Waals surface area contributed by atoms with E-state index in [1.165, 1.54) is 24.3 Å². The number of nitrogens with zero attached hydrogens (tertiary/aromatic N) is 2. The van der Waals surface area contributed by atoms with Gasteiger partial charge in [-0.05, 0) is 60.0 Å². The van der Waals surface area contributed by atoms with Gasteiger partial charge in [0.2, 0.25) is 27.7 Å². The lowest BCUT2D eigenvalue weighted by atomic mass is 9.79. The zero-order valence-electron chi connectivity index (χ0n) is 31.8. The van der Waals surface area contributed by atoms with Crippen LogP contribution in [0.3, 0.4) is 0 Å². The Morgan fingerprint density at radius 3 is 2.60 bits per heavy atom. The van der Waals surface area contributed by atoms with E-state index in [1.54, 1.807) is 57.2 Å². The van der Waals surface area contributed by atoms with E-state index in [4.69, 9.17) is 25.7 Å². The lowest BCUT2D eigenvalue weighted by molar-refractivity contribution is -0.142. The number of fused-ring (bicyclic) bond motifs is 2. The molecule has 16 nitrogen and oxygen atoms in total. The third-order valence-corrected chi connectivity index (χ3v) is 12.9. The Morgan fingerprint density at radius 1 is 1.18 bits per heavy atom. The van der Waals surface area contributed by atoms with Crippen LogP contribution < -0.4 is 35.6 Å². The van der Waals surface area contributed by atoms with Gasteiger partial charge in [-0.3, -0.25) is 19.1 Å². The number of halogens is 1. The first-order valence-corrected chi connectivity index (χ1v) is 20.5. The molecule has 0 radical (unpaired) electrons. The average Bonchev–Trinajstić information content (AvgIpc) is 4.06. The molecule has 57 heavy (non-hydrogen) atoms. The lowest BCUT2D eigenvalue weighted by Gasteiger charge is -2.35. The summed E-state index contributed by atoms with van der Waals surface area (Å²) in [5, 5.41) is 19.4. The third-order valence-electron chi connectivity index (χ3n) is 10.9. The maximum absolute atomic E-state index is 14.7. The van der Waals surface area contributed by atoms with Crippen molar-refractivity contribution in [2.75, 3.05) is 19.0 Å². The first-order valence-electron chi connectivity index (χ1n) is 18.5. The maximum atomic E-state index is 14.7. The fourth-order valence-corrected chi connectivity index (χ4v) is 8.98. The van der Waals surface area contributed by atoms with Crippen LogP contribution in [-0.4, -0.2) is 96.8 Å². The van der Waals surface area contributed by atoms with Gasteiger partial charge in [0.1, 0.15) is 29.5 Å². The largest absolute Gasteiger partial charge is 0.494 e. The van der Waals surface area contributed by atoms with Gasteiger partial charge in [0.05, 0.1) is 31.7 Å². The molecule has 1 saturated heterocycles. The summed E-state index contributed by atoms with van der Waals surface area (Å²) >= 11 is 6.35. The standard InChI is InChI=1S/C38H44BClN6O10S/c1-6-20-16-38(20,35(49)45-57(52,53)23-11-12-23)44-32(47)29-15-22(56-33-25-14-21(40)10-13-24(25)30(54-5)17-41-33)18-46(29)34(48)31(37(2,3)4)43-36(50)42-28-9-7-8-27-26(28)19-55-39(27)51/h6-10,13-14,17,20,22-23,29,31,51H,1,11-12,15-16,18-19H2,2-5H3,(H,44,47)(H,45,49)(H2,42,43,50)/t20-,22-,29+,31-,38-/m1/s1. The predicted molar refractivity (Wildman–Crippen MR) is 211 cm³/mol. The number of pyridine rings is 1.